The van der Waals surface area contributed by atoms with Gasteiger partial charge in [-0.3, -0.25) is 9.48 Å². The molecule has 0 amide bonds. The van der Waals surface area contributed by atoms with Crippen LogP contribution in [0.5, 0.6) is 0 Å². The molecule has 0 radical (unpaired) electrons. The Balaban J connectivity index is 2.57. The topological polar surface area (TPSA) is 76.7 Å². The number of rotatable bonds is 3. The maximum atomic E-state index is 11.4. The van der Waals surface area contributed by atoms with Crippen molar-refractivity contribution in [1.29, 1.82) is 0 Å². The van der Waals surface area contributed by atoms with E-state index in [0.717, 1.165) is 17.7 Å². The van der Waals surface area contributed by atoms with E-state index in [0.29, 0.717) is 17.4 Å². The Morgan fingerprint density at radius 3 is 2.78 bits per heavy atom. The van der Waals surface area contributed by atoms with Crippen molar-refractivity contribution in [3.05, 3.63) is 34.1 Å². The molecule has 2 aromatic rings. The van der Waals surface area contributed by atoms with Gasteiger partial charge in [-0.15, -0.1) is 0 Å². The van der Waals surface area contributed by atoms with Crippen LogP contribution in [0.3, 0.4) is 0 Å². The largest absolute Gasteiger partial charge is 0.384 e. The van der Waals surface area contributed by atoms with Gasteiger partial charge in [0.15, 0.2) is 0 Å². The first kappa shape index (κ1) is 12.4. The molecule has 0 saturated heterocycles. The predicted octanol–water partition coefficient (Wildman–Crippen LogP) is 1.56. The molecule has 0 aliphatic rings. The summed E-state index contributed by atoms with van der Waals surface area (Å²) in [5.74, 6) is 1.13. The van der Waals surface area contributed by atoms with Crippen molar-refractivity contribution < 1.29 is 0 Å². The summed E-state index contributed by atoms with van der Waals surface area (Å²) in [4.78, 5) is 14.2. The van der Waals surface area contributed by atoms with Crippen LogP contribution in [0.25, 0.3) is 11.4 Å². The van der Waals surface area contributed by atoms with Crippen molar-refractivity contribution in [2.24, 2.45) is 13.0 Å². The first-order chi connectivity index (χ1) is 8.49. The molecule has 0 aliphatic carbocycles. The molecule has 3 N–H and O–H groups in total. The van der Waals surface area contributed by atoms with Crippen LogP contribution in [0.2, 0.25) is 0 Å². The van der Waals surface area contributed by atoms with Crippen LogP contribution in [-0.2, 0) is 13.5 Å². The van der Waals surface area contributed by atoms with Gasteiger partial charge in [0, 0.05) is 18.7 Å². The molecule has 5 nitrogen and oxygen atoms in total. The lowest BCUT2D eigenvalue weighted by molar-refractivity contribution is 0.648. The molecule has 96 valence electrons. The number of pyridine rings is 1. The highest BCUT2D eigenvalue weighted by Crippen LogP contribution is 2.26. The third kappa shape index (κ3) is 2.30. The molecule has 2 aromatic heterocycles. The van der Waals surface area contributed by atoms with Crippen molar-refractivity contribution in [3.63, 3.8) is 0 Å². The zero-order valence-electron chi connectivity index (χ0n) is 10.9. The summed E-state index contributed by atoms with van der Waals surface area (Å²) in [5, 5.41) is 4.40. The van der Waals surface area contributed by atoms with Crippen molar-refractivity contribution in [3.8, 4) is 11.4 Å². The number of nitrogen functional groups attached to an aromatic ring is 1. The van der Waals surface area contributed by atoms with Crippen molar-refractivity contribution in [2.75, 3.05) is 5.73 Å². The van der Waals surface area contributed by atoms with Gasteiger partial charge >= 0.3 is 0 Å². The van der Waals surface area contributed by atoms with Gasteiger partial charge < -0.3 is 10.7 Å². The van der Waals surface area contributed by atoms with E-state index >= 15 is 0 Å². The van der Waals surface area contributed by atoms with Crippen LogP contribution < -0.4 is 11.3 Å². The fourth-order valence-electron chi connectivity index (χ4n) is 1.99. The molecule has 0 saturated carbocycles. The molecule has 5 heteroatoms. The van der Waals surface area contributed by atoms with Crippen LogP contribution in [0.15, 0.2) is 23.0 Å². The molecule has 0 spiro atoms. The Bertz CT molecular complexity index is 610. The number of anilines is 1. The number of hydrogen-bond donors (Lipinski definition) is 2. The number of aromatic nitrogens is 3. The van der Waals surface area contributed by atoms with Gasteiger partial charge in [-0.1, -0.05) is 19.9 Å². The normalized spacial score (nSPS) is 11.1. The molecule has 2 heterocycles. The Hall–Kier alpha value is -2.04. The SMILES string of the molecule is CC(C)Cc1c(-c2cccc(=O)[nH]2)nn(C)c1N. The monoisotopic (exact) mass is 246 g/mol. The minimum absolute atomic E-state index is 0.132. The Kier molecular flexibility index (Phi) is 3.23. The van der Waals surface area contributed by atoms with Crippen molar-refractivity contribution in [2.45, 2.75) is 20.3 Å². The van der Waals surface area contributed by atoms with Gasteiger partial charge in [-0.2, -0.15) is 5.10 Å². The van der Waals surface area contributed by atoms with E-state index in [-0.39, 0.29) is 5.56 Å². The van der Waals surface area contributed by atoms with Gasteiger partial charge in [0.25, 0.3) is 0 Å². The van der Waals surface area contributed by atoms with Crippen LogP contribution in [0.1, 0.15) is 19.4 Å². The molecule has 0 bridgehead atoms. The lowest BCUT2D eigenvalue weighted by Gasteiger charge is -2.06. The molecule has 2 rings (SSSR count). The quantitative estimate of drug-likeness (QED) is 0.862. The van der Waals surface area contributed by atoms with Gasteiger partial charge in [0.05, 0.1) is 5.69 Å². The van der Waals surface area contributed by atoms with Crippen molar-refractivity contribution >= 4 is 5.82 Å². The molecule has 0 aliphatic heterocycles. The van der Waals surface area contributed by atoms with E-state index in [1.54, 1.807) is 10.7 Å². The predicted molar refractivity (Wildman–Crippen MR) is 72.2 cm³/mol. The highest BCUT2D eigenvalue weighted by atomic mass is 16.1. The van der Waals surface area contributed by atoms with E-state index < -0.39 is 0 Å². The summed E-state index contributed by atoms with van der Waals surface area (Å²) >= 11 is 0. The molecule has 0 unspecified atom stereocenters. The minimum atomic E-state index is -0.132. The number of aromatic amines is 1. The second-order valence-corrected chi connectivity index (χ2v) is 4.86. The molecule has 0 aromatic carbocycles. The molecular weight excluding hydrogens is 228 g/mol. The average Bonchev–Trinajstić information content (AvgIpc) is 2.57. The first-order valence-electron chi connectivity index (χ1n) is 6.00. The third-order valence-corrected chi connectivity index (χ3v) is 2.83. The molecule has 18 heavy (non-hydrogen) atoms. The van der Waals surface area contributed by atoms with E-state index in [2.05, 4.69) is 23.9 Å². The van der Waals surface area contributed by atoms with Gasteiger partial charge in [-0.05, 0) is 18.4 Å². The number of H-pyrrole nitrogens is 1. The fraction of sp³-hybridized carbons (Fsp3) is 0.385. The Morgan fingerprint density at radius 1 is 1.44 bits per heavy atom. The smallest absolute Gasteiger partial charge is 0.248 e. The first-order valence-corrected chi connectivity index (χ1v) is 6.00. The zero-order valence-corrected chi connectivity index (χ0v) is 10.9. The number of hydrogen-bond acceptors (Lipinski definition) is 3. The molecular formula is C13H18N4O. The van der Waals surface area contributed by atoms with Crippen LogP contribution in [0, 0.1) is 5.92 Å². The number of aryl methyl sites for hydroxylation is 1. The average molecular weight is 246 g/mol. The number of nitrogens with two attached hydrogens (primary N) is 1. The summed E-state index contributed by atoms with van der Waals surface area (Å²) in [7, 11) is 1.81. The molecule has 0 atom stereocenters. The standard InChI is InChI=1S/C13H18N4O/c1-8(2)7-9-12(16-17(3)13(9)14)10-5-4-6-11(18)15-10/h4-6,8H,7,14H2,1-3H3,(H,15,18). The second kappa shape index (κ2) is 4.68. The zero-order chi connectivity index (χ0) is 13.3. The minimum Gasteiger partial charge on any atom is -0.384 e. The molecule has 0 fully saturated rings. The number of nitrogens with zero attached hydrogens (tertiary/aromatic N) is 2. The highest BCUT2D eigenvalue weighted by molar-refractivity contribution is 5.65. The summed E-state index contributed by atoms with van der Waals surface area (Å²) in [5.41, 5.74) is 8.38. The maximum Gasteiger partial charge on any atom is 0.248 e. The fourth-order valence-corrected chi connectivity index (χ4v) is 1.99. The lowest BCUT2D eigenvalue weighted by Crippen LogP contribution is -2.05. The van der Waals surface area contributed by atoms with Gasteiger partial charge in [0.1, 0.15) is 11.5 Å². The van der Waals surface area contributed by atoms with Crippen LogP contribution in [0.4, 0.5) is 5.82 Å². The van der Waals surface area contributed by atoms with E-state index in [1.807, 2.05) is 13.1 Å². The summed E-state index contributed by atoms with van der Waals surface area (Å²) in [6.07, 6.45) is 0.839. The Labute approximate surface area is 106 Å². The van der Waals surface area contributed by atoms with Crippen LogP contribution >= 0.6 is 0 Å². The second-order valence-electron chi connectivity index (χ2n) is 4.86. The van der Waals surface area contributed by atoms with Gasteiger partial charge in [-0.25, -0.2) is 0 Å². The van der Waals surface area contributed by atoms with E-state index in [1.165, 1.54) is 6.07 Å². The third-order valence-electron chi connectivity index (χ3n) is 2.83. The summed E-state index contributed by atoms with van der Waals surface area (Å²) in [6, 6.07) is 5.04. The van der Waals surface area contributed by atoms with Crippen molar-refractivity contribution in [1.82, 2.24) is 14.8 Å². The van der Waals surface area contributed by atoms with Crippen LogP contribution in [-0.4, -0.2) is 14.8 Å². The highest BCUT2D eigenvalue weighted by Gasteiger charge is 2.16. The number of nitrogens with one attached hydrogen (secondary N) is 1. The lowest BCUT2D eigenvalue weighted by atomic mass is 10.0. The summed E-state index contributed by atoms with van der Waals surface area (Å²) < 4.78 is 1.65. The maximum absolute atomic E-state index is 11.4. The van der Waals surface area contributed by atoms with Gasteiger partial charge in [0.2, 0.25) is 5.56 Å². The van der Waals surface area contributed by atoms with E-state index in [4.69, 9.17) is 5.73 Å². The van der Waals surface area contributed by atoms with E-state index in [9.17, 15) is 4.79 Å². The Morgan fingerprint density at radius 2 is 2.17 bits per heavy atom. The summed E-state index contributed by atoms with van der Waals surface area (Å²) in [6.45, 7) is 4.26.